The Morgan fingerprint density at radius 2 is 1.87 bits per heavy atom. The predicted octanol–water partition coefficient (Wildman–Crippen LogP) is 4.83. The van der Waals surface area contributed by atoms with E-state index in [1.165, 1.54) is 11.3 Å². The van der Waals surface area contributed by atoms with Crippen molar-refractivity contribution < 1.29 is 14.3 Å². The van der Waals surface area contributed by atoms with Crippen LogP contribution >= 0.6 is 11.3 Å². The highest BCUT2D eigenvalue weighted by Gasteiger charge is 2.34. The van der Waals surface area contributed by atoms with Gasteiger partial charge in [0.05, 0.1) is 0 Å². The summed E-state index contributed by atoms with van der Waals surface area (Å²) in [5.74, 6) is 0.975. The summed E-state index contributed by atoms with van der Waals surface area (Å²) < 4.78 is 11.8. The average molecular weight is 417 g/mol. The molecule has 0 radical (unpaired) electrons. The van der Waals surface area contributed by atoms with Crippen LogP contribution in [0.25, 0.3) is 20.9 Å². The number of pyridine rings is 1. The number of anilines is 1. The van der Waals surface area contributed by atoms with E-state index in [0.29, 0.717) is 11.5 Å². The molecule has 0 spiro atoms. The molecule has 0 saturated carbocycles. The lowest BCUT2D eigenvalue weighted by Crippen LogP contribution is -2.46. The van der Waals surface area contributed by atoms with E-state index < -0.39 is 12.2 Å². The maximum absolute atomic E-state index is 13.0. The molecule has 5 rings (SSSR count). The highest BCUT2D eigenvalue weighted by molar-refractivity contribution is 7.21. The van der Waals surface area contributed by atoms with Gasteiger partial charge in [0.15, 0.2) is 11.5 Å². The zero-order valence-corrected chi connectivity index (χ0v) is 17.3. The molecule has 1 N–H and O–H groups in total. The van der Waals surface area contributed by atoms with Gasteiger partial charge in [-0.05, 0) is 49.7 Å². The topological polar surface area (TPSA) is 73.3 Å². The lowest BCUT2D eigenvalue weighted by Gasteiger charge is -2.31. The van der Waals surface area contributed by atoms with E-state index in [1.807, 2.05) is 62.4 Å². The number of aromatic nitrogens is 2. The second-order valence-electron chi connectivity index (χ2n) is 7.17. The number of benzene rings is 2. The smallest absolute Gasteiger partial charge is 0.269 e. The molecule has 7 heteroatoms. The molecule has 1 amide bonds. The van der Waals surface area contributed by atoms with Crippen LogP contribution in [0.4, 0.5) is 5.69 Å². The van der Waals surface area contributed by atoms with Crippen molar-refractivity contribution in [2.24, 2.45) is 0 Å². The van der Waals surface area contributed by atoms with Crippen molar-refractivity contribution in [3.63, 3.8) is 0 Å². The molecule has 150 valence electrons. The monoisotopic (exact) mass is 417 g/mol. The van der Waals surface area contributed by atoms with Crippen molar-refractivity contribution in [3.8, 4) is 22.1 Å². The summed E-state index contributed by atoms with van der Waals surface area (Å²) in [6, 6.07) is 17.1. The third-order valence-corrected chi connectivity index (χ3v) is 6.04. The van der Waals surface area contributed by atoms with Crippen molar-refractivity contribution >= 4 is 33.3 Å². The first-order chi connectivity index (χ1) is 14.6. The van der Waals surface area contributed by atoms with Gasteiger partial charge in [0.2, 0.25) is 6.10 Å². The van der Waals surface area contributed by atoms with Gasteiger partial charge in [-0.15, -0.1) is 0 Å². The predicted molar refractivity (Wildman–Crippen MR) is 117 cm³/mol. The zero-order chi connectivity index (χ0) is 20.7. The van der Waals surface area contributed by atoms with Crippen molar-refractivity contribution in [2.75, 3.05) is 5.32 Å². The van der Waals surface area contributed by atoms with Crippen LogP contribution in [-0.2, 0) is 4.79 Å². The van der Waals surface area contributed by atoms with Crippen molar-refractivity contribution in [3.05, 3.63) is 66.4 Å². The van der Waals surface area contributed by atoms with Gasteiger partial charge in [0.1, 0.15) is 21.5 Å². The highest BCUT2D eigenvalue weighted by atomic mass is 32.1. The molecule has 30 heavy (non-hydrogen) atoms. The second-order valence-corrected chi connectivity index (χ2v) is 8.15. The van der Waals surface area contributed by atoms with Crippen LogP contribution < -0.4 is 14.8 Å². The largest absolute Gasteiger partial charge is 0.482 e. The SMILES string of the molecule is Cc1ccc(-c2nc3cccnc3s2)cc1NC(=O)C1Oc2ccccc2OC1C. The van der Waals surface area contributed by atoms with E-state index >= 15 is 0 Å². The summed E-state index contributed by atoms with van der Waals surface area (Å²) in [5.41, 5.74) is 3.47. The number of nitrogens with one attached hydrogen (secondary N) is 1. The van der Waals surface area contributed by atoms with E-state index in [9.17, 15) is 4.79 Å². The van der Waals surface area contributed by atoms with Crippen molar-refractivity contribution in [1.29, 1.82) is 0 Å². The summed E-state index contributed by atoms with van der Waals surface area (Å²) >= 11 is 1.52. The summed E-state index contributed by atoms with van der Waals surface area (Å²) in [7, 11) is 0. The van der Waals surface area contributed by atoms with Crippen LogP contribution in [0.1, 0.15) is 12.5 Å². The number of carbonyl (C=O) groups excluding carboxylic acids is 1. The number of carbonyl (C=O) groups is 1. The molecule has 1 aliphatic rings. The minimum atomic E-state index is -0.741. The Hall–Kier alpha value is -3.45. The third kappa shape index (κ3) is 3.37. The molecule has 0 fully saturated rings. The van der Waals surface area contributed by atoms with Crippen LogP contribution in [0.15, 0.2) is 60.8 Å². The molecule has 1 aliphatic heterocycles. The maximum Gasteiger partial charge on any atom is 0.269 e. The molecule has 2 atom stereocenters. The molecule has 0 bridgehead atoms. The Labute approximate surface area is 177 Å². The Kier molecular flexibility index (Phi) is 4.59. The van der Waals surface area contributed by atoms with Crippen LogP contribution in [0.2, 0.25) is 0 Å². The van der Waals surface area contributed by atoms with Crippen LogP contribution in [-0.4, -0.2) is 28.1 Å². The summed E-state index contributed by atoms with van der Waals surface area (Å²) in [5, 5.41) is 3.86. The van der Waals surface area contributed by atoms with Crippen LogP contribution in [0, 0.1) is 6.92 Å². The Morgan fingerprint density at radius 1 is 1.07 bits per heavy atom. The lowest BCUT2D eigenvalue weighted by atomic mass is 10.1. The van der Waals surface area contributed by atoms with Gasteiger partial charge in [0.25, 0.3) is 5.91 Å². The Balaban J connectivity index is 1.41. The minimum absolute atomic E-state index is 0.247. The number of nitrogens with zero attached hydrogens (tertiary/aromatic N) is 2. The molecule has 2 unspecified atom stereocenters. The van der Waals surface area contributed by atoms with Gasteiger partial charge >= 0.3 is 0 Å². The molecule has 6 nitrogen and oxygen atoms in total. The van der Waals surface area contributed by atoms with Gasteiger partial charge < -0.3 is 14.8 Å². The minimum Gasteiger partial charge on any atom is -0.482 e. The number of rotatable bonds is 3. The van der Waals surface area contributed by atoms with Crippen molar-refractivity contribution in [2.45, 2.75) is 26.1 Å². The quantitative estimate of drug-likeness (QED) is 0.517. The molecule has 4 aromatic rings. The highest BCUT2D eigenvalue weighted by Crippen LogP contribution is 2.35. The number of fused-ring (bicyclic) bond motifs is 2. The normalized spacial score (nSPS) is 17.7. The molecule has 0 saturated heterocycles. The molecule has 2 aromatic carbocycles. The number of amides is 1. The first kappa shape index (κ1) is 18.6. The first-order valence-corrected chi connectivity index (χ1v) is 10.5. The van der Waals surface area contributed by atoms with Crippen molar-refractivity contribution in [1.82, 2.24) is 9.97 Å². The van der Waals surface area contributed by atoms with Crippen LogP contribution in [0.5, 0.6) is 11.5 Å². The fourth-order valence-electron chi connectivity index (χ4n) is 3.39. The van der Waals surface area contributed by atoms with E-state index in [4.69, 9.17) is 9.47 Å². The number of hydrogen-bond donors (Lipinski definition) is 1. The zero-order valence-electron chi connectivity index (χ0n) is 16.5. The molecule has 3 heterocycles. The van der Waals surface area contributed by atoms with E-state index in [-0.39, 0.29) is 5.91 Å². The lowest BCUT2D eigenvalue weighted by molar-refractivity contribution is -0.128. The average Bonchev–Trinajstić information content (AvgIpc) is 3.19. The van der Waals surface area contributed by atoms with Gasteiger partial charge in [-0.2, -0.15) is 0 Å². The van der Waals surface area contributed by atoms with Gasteiger partial charge in [-0.1, -0.05) is 35.6 Å². The second kappa shape index (κ2) is 7.42. The number of aryl methyl sites for hydroxylation is 1. The number of ether oxygens (including phenoxy) is 2. The van der Waals surface area contributed by atoms with E-state index in [2.05, 4.69) is 15.3 Å². The molecular weight excluding hydrogens is 398 g/mol. The Bertz CT molecular complexity index is 1220. The summed E-state index contributed by atoms with van der Waals surface area (Å²) in [6.07, 6.45) is 0.615. The Morgan fingerprint density at radius 3 is 2.67 bits per heavy atom. The number of thiazole rings is 1. The van der Waals surface area contributed by atoms with Crippen LogP contribution in [0.3, 0.4) is 0 Å². The van der Waals surface area contributed by atoms with E-state index in [0.717, 1.165) is 32.2 Å². The van der Waals surface area contributed by atoms with Gasteiger partial charge in [-0.25, -0.2) is 9.97 Å². The molecular formula is C23H19N3O3S. The fraction of sp³-hybridized carbons (Fsp3) is 0.174. The third-order valence-electron chi connectivity index (χ3n) is 5.01. The fourth-order valence-corrected chi connectivity index (χ4v) is 4.30. The first-order valence-electron chi connectivity index (χ1n) is 9.64. The van der Waals surface area contributed by atoms with E-state index in [1.54, 1.807) is 12.3 Å². The summed E-state index contributed by atoms with van der Waals surface area (Å²) in [6.45, 7) is 3.79. The van der Waals surface area contributed by atoms with Gasteiger partial charge in [-0.3, -0.25) is 4.79 Å². The summed E-state index contributed by atoms with van der Waals surface area (Å²) in [4.78, 5) is 22.9. The molecule has 2 aromatic heterocycles. The molecule has 0 aliphatic carbocycles. The standard InChI is InChI=1S/C23H19N3O3S/c1-13-9-10-15(22-26-16-6-5-11-24-23(16)30-22)12-17(13)25-21(27)20-14(2)28-18-7-3-4-8-19(18)29-20/h3-12,14,20H,1-2H3,(H,25,27). The van der Waals surface area contributed by atoms with Gasteiger partial charge in [0, 0.05) is 17.4 Å². The number of para-hydroxylation sites is 2. The maximum atomic E-state index is 13.0. The number of hydrogen-bond acceptors (Lipinski definition) is 6.